The number of nitrogens with zero attached hydrogens (tertiary/aromatic N) is 2. The molecule has 2 N–H and O–H groups in total. The minimum atomic E-state index is -4.83. The van der Waals surface area contributed by atoms with Gasteiger partial charge in [-0.3, -0.25) is 0 Å². The predicted octanol–water partition coefficient (Wildman–Crippen LogP) is 2.23. The van der Waals surface area contributed by atoms with Crippen LogP contribution in [0.5, 0.6) is 0 Å². The third-order valence-electron chi connectivity index (χ3n) is 5.66. The van der Waals surface area contributed by atoms with Gasteiger partial charge in [0.25, 0.3) is 0 Å². The maximum atomic E-state index is 12.3. The Kier molecular flexibility index (Phi) is 6.08. The van der Waals surface area contributed by atoms with Crippen LogP contribution in [0.3, 0.4) is 0 Å². The molecule has 0 saturated carbocycles. The smallest absolute Gasteiger partial charge is 0.744 e. The molecule has 3 aromatic heterocycles. The second-order valence-electron chi connectivity index (χ2n) is 7.98. The molecule has 0 unspecified atom stereocenters. The minimum Gasteiger partial charge on any atom is -0.744 e. The average molecular weight is 489 g/mol. The molecule has 9 heteroatoms. The third kappa shape index (κ3) is 4.54. The Morgan fingerprint density at radius 1 is 0.686 bits per heavy atom. The van der Waals surface area contributed by atoms with Crippen molar-refractivity contribution in [1.82, 2.24) is 19.9 Å². The number of benzene rings is 1. The summed E-state index contributed by atoms with van der Waals surface area (Å²) in [5.41, 5.74) is 6.29. The van der Waals surface area contributed by atoms with Gasteiger partial charge in [-0.05, 0) is 66.3 Å². The van der Waals surface area contributed by atoms with E-state index in [9.17, 15) is 13.0 Å². The van der Waals surface area contributed by atoms with Crippen molar-refractivity contribution >= 4 is 56.5 Å². The van der Waals surface area contributed by atoms with Gasteiger partial charge in [-0.25, -0.2) is 18.4 Å². The number of rotatable bonds is 2. The van der Waals surface area contributed by atoms with E-state index in [2.05, 4.69) is 19.9 Å². The van der Waals surface area contributed by atoms with Gasteiger partial charge in [-0.2, -0.15) is 0 Å². The Bertz CT molecular complexity index is 1790. The maximum Gasteiger partial charge on any atom is 1.00 e. The number of hydrogen-bond acceptors (Lipinski definition) is 5. The fourth-order valence-corrected chi connectivity index (χ4v) is 4.98. The van der Waals surface area contributed by atoms with E-state index in [0.29, 0.717) is 16.9 Å². The van der Waals surface area contributed by atoms with Crippen molar-refractivity contribution in [2.45, 2.75) is 4.90 Å². The molecular formula is C26H17N4NaO3S. The summed E-state index contributed by atoms with van der Waals surface area (Å²) in [7, 11) is -4.83. The van der Waals surface area contributed by atoms with Gasteiger partial charge in [0.05, 0.1) is 28.3 Å². The van der Waals surface area contributed by atoms with Gasteiger partial charge < -0.3 is 14.5 Å². The molecule has 0 atom stereocenters. The van der Waals surface area contributed by atoms with Crippen molar-refractivity contribution in [3.8, 4) is 11.1 Å². The third-order valence-corrected chi connectivity index (χ3v) is 6.59. The van der Waals surface area contributed by atoms with Crippen LogP contribution < -0.4 is 29.6 Å². The Morgan fingerprint density at radius 3 is 1.94 bits per heavy atom. The molecule has 35 heavy (non-hydrogen) atoms. The van der Waals surface area contributed by atoms with Gasteiger partial charge in [0.1, 0.15) is 15.0 Å². The topological polar surface area (TPSA) is 115 Å². The van der Waals surface area contributed by atoms with E-state index < -0.39 is 15.0 Å². The van der Waals surface area contributed by atoms with Crippen molar-refractivity contribution in [1.29, 1.82) is 0 Å². The van der Waals surface area contributed by atoms with Gasteiger partial charge in [0, 0.05) is 22.1 Å². The summed E-state index contributed by atoms with van der Waals surface area (Å²) in [5, 5.41) is 0. The van der Waals surface area contributed by atoms with Crippen LogP contribution in [0, 0.1) is 0 Å². The van der Waals surface area contributed by atoms with Crippen LogP contribution in [0.25, 0.3) is 57.5 Å². The molecular weight excluding hydrogens is 471 g/mol. The summed E-state index contributed by atoms with van der Waals surface area (Å²) in [6.45, 7) is 0. The monoisotopic (exact) mass is 488 g/mol. The molecule has 0 spiro atoms. The van der Waals surface area contributed by atoms with Crippen LogP contribution in [0.4, 0.5) is 0 Å². The average Bonchev–Trinajstić information content (AvgIpc) is 3.59. The zero-order valence-corrected chi connectivity index (χ0v) is 21.5. The summed E-state index contributed by atoms with van der Waals surface area (Å²) in [4.78, 5) is 15.2. The molecule has 2 aliphatic heterocycles. The Labute approximate surface area is 223 Å². The largest absolute Gasteiger partial charge is 1.00 e. The van der Waals surface area contributed by atoms with Crippen LogP contribution >= 0.6 is 0 Å². The zero-order chi connectivity index (χ0) is 23.3. The van der Waals surface area contributed by atoms with E-state index in [1.165, 1.54) is 0 Å². The first-order valence-electron chi connectivity index (χ1n) is 10.6. The van der Waals surface area contributed by atoms with E-state index in [1.54, 1.807) is 30.4 Å². The number of hydrogen-bond donors (Lipinski definition) is 2. The SMILES string of the molecule is O=S(=O)([O-])c1c2nc(c(-c3ccccc3)c3ccc(cc4nc(cc5ccc1[nH]5)C=C4)[nH]3)C=C2.[Na+]. The van der Waals surface area contributed by atoms with E-state index >= 15 is 0 Å². The molecule has 0 amide bonds. The fourth-order valence-electron chi connectivity index (χ4n) is 4.22. The summed E-state index contributed by atoms with van der Waals surface area (Å²) >= 11 is 0. The number of aromatic nitrogens is 4. The molecule has 4 aromatic rings. The van der Waals surface area contributed by atoms with E-state index in [4.69, 9.17) is 0 Å². The summed E-state index contributed by atoms with van der Waals surface area (Å²) < 4.78 is 36.9. The van der Waals surface area contributed by atoms with Crippen LogP contribution in [0.1, 0.15) is 22.8 Å². The molecule has 5 heterocycles. The van der Waals surface area contributed by atoms with Crippen LogP contribution in [-0.4, -0.2) is 32.9 Å². The minimum absolute atomic E-state index is 0. The molecule has 0 radical (unpaired) electrons. The van der Waals surface area contributed by atoms with Crippen LogP contribution in [0.15, 0.2) is 71.6 Å². The van der Waals surface area contributed by atoms with Crippen LogP contribution in [-0.2, 0) is 10.1 Å². The quantitative estimate of drug-likeness (QED) is 0.287. The molecule has 0 aliphatic carbocycles. The second kappa shape index (κ2) is 9.07. The Morgan fingerprint density at radius 2 is 1.29 bits per heavy atom. The fraction of sp³-hybridized carbons (Fsp3) is 0. The first-order valence-corrected chi connectivity index (χ1v) is 12.0. The van der Waals surface area contributed by atoms with Crippen molar-refractivity contribution in [3.63, 3.8) is 0 Å². The number of H-pyrrole nitrogens is 2. The van der Waals surface area contributed by atoms with Crippen molar-refractivity contribution in [2.75, 3.05) is 0 Å². The van der Waals surface area contributed by atoms with Crippen molar-refractivity contribution < 1.29 is 42.5 Å². The van der Waals surface area contributed by atoms with Crippen molar-refractivity contribution in [2.24, 2.45) is 0 Å². The Hall–Kier alpha value is -3.27. The zero-order valence-electron chi connectivity index (χ0n) is 18.7. The number of nitrogens with one attached hydrogen (secondary N) is 2. The molecule has 0 fully saturated rings. The second-order valence-corrected chi connectivity index (χ2v) is 9.29. The van der Waals surface area contributed by atoms with Gasteiger partial charge in [0.15, 0.2) is 0 Å². The molecule has 1 aromatic carbocycles. The van der Waals surface area contributed by atoms with E-state index in [1.807, 2.05) is 60.7 Å². The number of aromatic amines is 2. The maximum absolute atomic E-state index is 12.3. The molecule has 166 valence electrons. The normalized spacial score (nSPS) is 12.5. The summed E-state index contributed by atoms with van der Waals surface area (Å²) in [5.74, 6) is 0. The van der Waals surface area contributed by atoms with E-state index in [-0.39, 0.29) is 40.8 Å². The van der Waals surface area contributed by atoms with E-state index in [0.717, 1.165) is 27.9 Å². The molecule has 7 nitrogen and oxygen atoms in total. The predicted molar refractivity (Wildman–Crippen MR) is 132 cm³/mol. The Balaban J connectivity index is 0.00000253. The van der Waals surface area contributed by atoms with Gasteiger partial charge in [0.2, 0.25) is 0 Å². The van der Waals surface area contributed by atoms with Gasteiger partial charge in [-0.1, -0.05) is 30.3 Å². The first-order chi connectivity index (χ1) is 16.4. The molecule has 8 bridgehead atoms. The molecule has 2 aliphatic rings. The number of fused-ring (bicyclic) bond motifs is 8. The first kappa shape index (κ1) is 23.5. The van der Waals surface area contributed by atoms with Gasteiger partial charge in [-0.15, -0.1) is 0 Å². The summed E-state index contributed by atoms with van der Waals surface area (Å²) in [6, 6.07) is 20.6. The standard InChI is InChI=1S/C26H18N4O3S.Na/c31-34(32,33)26-23-11-9-20(29-23)15-18-7-6-17(27-18)14-19-8-10-21(28-19)25(16-4-2-1-3-5-16)22-12-13-24(26)30-22;/h1-15,28-29H,(H,31,32,33);/q;+1/p-1. The van der Waals surface area contributed by atoms with Crippen LogP contribution in [0.2, 0.25) is 0 Å². The van der Waals surface area contributed by atoms with Gasteiger partial charge >= 0.3 is 29.6 Å². The molecule has 6 rings (SSSR count). The summed E-state index contributed by atoms with van der Waals surface area (Å²) in [6.07, 6.45) is 7.06. The van der Waals surface area contributed by atoms with Crippen molar-refractivity contribution in [3.05, 3.63) is 89.5 Å². The molecule has 0 saturated heterocycles.